The van der Waals surface area contributed by atoms with Crippen LogP contribution >= 0.6 is 0 Å². The summed E-state index contributed by atoms with van der Waals surface area (Å²) in [7, 11) is 3.67. The second kappa shape index (κ2) is 4.01. The van der Waals surface area contributed by atoms with Gasteiger partial charge in [0.1, 0.15) is 5.75 Å². The van der Waals surface area contributed by atoms with Crippen LogP contribution in [0.4, 0.5) is 0 Å². The summed E-state index contributed by atoms with van der Waals surface area (Å²) in [6, 6.07) is 6.18. The third-order valence-corrected chi connectivity index (χ3v) is 2.73. The lowest BCUT2D eigenvalue weighted by Gasteiger charge is -2.26. The molecule has 0 radical (unpaired) electrons. The zero-order valence-electron chi connectivity index (χ0n) is 9.64. The van der Waals surface area contributed by atoms with Crippen LogP contribution in [0.5, 0.6) is 5.75 Å². The SMILES string of the molecule is CNC(C)(C)c1ccc(OC)cc1C. The standard InChI is InChI=1S/C12H19NO/c1-9-8-10(14-5)6-7-11(9)12(2,3)13-4/h6-8,13H,1-5H3. The van der Waals surface area contributed by atoms with Crippen LogP contribution in [-0.4, -0.2) is 14.2 Å². The zero-order chi connectivity index (χ0) is 10.8. The minimum atomic E-state index is 0.0103. The van der Waals surface area contributed by atoms with Crippen LogP contribution in [0.25, 0.3) is 0 Å². The average molecular weight is 193 g/mol. The molecule has 0 heterocycles. The van der Waals surface area contributed by atoms with Gasteiger partial charge in [0.25, 0.3) is 0 Å². The van der Waals surface area contributed by atoms with Gasteiger partial charge in [-0.25, -0.2) is 0 Å². The lowest BCUT2D eigenvalue weighted by atomic mass is 9.90. The van der Waals surface area contributed by atoms with Gasteiger partial charge in [-0.15, -0.1) is 0 Å². The van der Waals surface area contributed by atoms with E-state index in [1.54, 1.807) is 7.11 Å². The molecule has 1 rings (SSSR count). The summed E-state index contributed by atoms with van der Waals surface area (Å²) in [6.07, 6.45) is 0. The van der Waals surface area contributed by atoms with Crippen molar-refractivity contribution in [3.63, 3.8) is 0 Å². The highest BCUT2D eigenvalue weighted by atomic mass is 16.5. The highest BCUT2D eigenvalue weighted by Gasteiger charge is 2.19. The Labute approximate surface area is 86.3 Å². The van der Waals surface area contributed by atoms with Crippen LogP contribution in [0.2, 0.25) is 0 Å². The van der Waals surface area contributed by atoms with Gasteiger partial charge in [0.15, 0.2) is 0 Å². The van der Waals surface area contributed by atoms with Crippen molar-refractivity contribution >= 4 is 0 Å². The van der Waals surface area contributed by atoms with Gasteiger partial charge >= 0.3 is 0 Å². The van der Waals surface area contributed by atoms with Crippen LogP contribution < -0.4 is 10.1 Å². The van der Waals surface area contributed by atoms with Crippen molar-refractivity contribution < 1.29 is 4.74 Å². The molecule has 2 nitrogen and oxygen atoms in total. The summed E-state index contributed by atoms with van der Waals surface area (Å²) in [4.78, 5) is 0. The number of rotatable bonds is 3. The Hall–Kier alpha value is -1.02. The number of aryl methyl sites for hydroxylation is 1. The lowest BCUT2D eigenvalue weighted by molar-refractivity contribution is 0.411. The monoisotopic (exact) mass is 193 g/mol. The van der Waals surface area contributed by atoms with Gasteiger partial charge in [-0.05, 0) is 51.1 Å². The van der Waals surface area contributed by atoms with Crippen molar-refractivity contribution in [2.45, 2.75) is 26.3 Å². The van der Waals surface area contributed by atoms with E-state index in [2.05, 4.69) is 38.2 Å². The molecular weight excluding hydrogens is 174 g/mol. The van der Waals surface area contributed by atoms with Crippen molar-refractivity contribution in [1.29, 1.82) is 0 Å². The van der Waals surface area contributed by atoms with Gasteiger partial charge < -0.3 is 10.1 Å². The minimum absolute atomic E-state index is 0.0103. The summed E-state index contributed by atoms with van der Waals surface area (Å²) in [5, 5.41) is 3.30. The van der Waals surface area contributed by atoms with Gasteiger partial charge in [-0.3, -0.25) is 0 Å². The molecule has 0 saturated carbocycles. The molecule has 0 aliphatic carbocycles. The molecule has 0 unspecified atom stereocenters. The summed E-state index contributed by atoms with van der Waals surface area (Å²) < 4.78 is 5.18. The van der Waals surface area contributed by atoms with Gasteiger partial charge in [0.2, 0.25) is 0 Å². The summed E-state index contributed by atoms with van der Waals surface area (Å²) >= 11 is 0. The second-order valence-corrected chi connectivity index (χ2v) is 4.06. The first-order chi connectivity index (χ1) is 6.51. The van der Waals surface area contributed by atoms with Gasteiger partial charge in [0.05, 0.1) is 7.11 Å². The number of ether oxygens (including phenoxy) is 1. The maximum Gasteiger partial charge on any atom is 0.119 e. The Morgan fingerprint density at radius 2 is 1.93 bits per heavy atom. The normalized spacial score (nSPS) is 11.5. The largest absolute Gasteiger partial charge is 0.497 e. The molecule has 0 aliphatic rings. The van der Waals surface area contributed by atoms with Crippen LogP contribution in [0.15, 0.2) is 18.2 Å². The number of hydrogen-bond donors (Lipinski definition) is 1. The van der Waals surface area contributed by atoms with E-state index >= 15 is 0 Å². The third-order valence-electron chi connectivity index (χ3n) is 2.73. The average Bonchev–Trinajstić information content (AvgIpc) is 2.17. The molecule has 1 N–H and O–H groups in total. The molecule has 14 heavy (non-hydrogen) atoms. The maximum atomic E-state index is 5.18. The first-order valence-electron chi connectivity index (χ1n) is 4.85. The summed E-state index contributed by atoms with van der Waals surface area (Å²) in [6.45, 7) is 6.45. The highest BCUT2D eigenvalue weighted by Crippen LogP contribution is 2.26. The molecule has 0 spiro atoms. The van der Waals surface area contributed by atoms with Crippen molar-refractivity contribution in [3.8, 4) is 5.75 Å². The Morgan fingerprint density at radius 1 is 1.29 bits per heavy atom. The molecule has 2 heteroatoms. The Bertz CT molecular complexity index is 318. The van der Waals surface area contributed by atoms with Crippen molar-refractivity contribution in [2.24, 2.45) is 0 Å². The molecule has 0 amide bonds. The maximum absolute atomic E-state index is 5.18. The van der Waals surface area contributed by atoms with Crippen molar-refractivity contribution in [2.75, 3.05) is 14.2 Å². The smallest absolute Gasteiger partial charge is 0.119 e. The number of hydrogen-bond acceptors (Lipinski definition) is 2. The number of benzene rings is 1. The lowest BCUT2D eigenvalue weighted by Crippen LogP contribution is -2.33. The number of nitrogens with one attached hydrogen (secondary N) is 1. The molecule has 1 aromatic rings. The minimum Gasteiger partial charge on any atom is -0.497 e. The van der Waals surface area contributed by atoms with E-state index in [9.17, 15) is 0 Å². The molecular formula is C12H19NO. The fourth-order valence-corrected chi connectivity index (χ4v) is 1.60. The first-order valence-corrected chi connectivity index (χ1v) is 4.85. The topological polar surface area (TPSA) is 21.3 Å². The Kier molecular flexibility index (Phi) is 3.17. The molecule has 0 aromatic heterocycles. The molecule has 0 fully saturated rings. The molecule has 78 valence electrons. The predicted molar refractivity (Wildman–Crippen MR) is 59.8 cm³/mol. The quantitative estimate of drug-likeness (QED) is 0.796. The van der Waals surface area contributed by atoms with Crippen LogP contribution in [-0.2, 0) is 5.54 Å². The molecule has 1 aromatic carbocycles. The van der Waals surface area contributed by atoms with Crippen LogP contribution in [0.1, 0.15) is 25.0 Å². The molecule has 0 aliphatic heterocycles. The highest BCUT2D eigenvalue weighted by molar-refractivity contribution is 5.38. The molecule has 0 bridgehead atoms. The summed E-state index contributed by atoms with van der Waals surface area (Å²) in [5.74, 6) is 0.915. The molecule has 0 saturated heterocycles. The Morgan fingerprint density at radius 3 is 2.36 bits per heavy atom. The zero-order valence-corrected chi connectivity index (χ0v) is 9.64. The van der Waals surface area contributed by atoms with Crippen LogP contribution in [0.3, 0.4) is 0 Å². The van der Waals surface area contributed by atoms with E-state index in [1.807, 2.05) is 13.1 Å². The van der Waals surface area contributed by atoms with E-state index in [4.69, 9.17) is 4.74 Å². The Balaban J connectivity index is 3.12. The predicted octanol–water partition coefficient (Wildman–Crippen LogP) is 2.46. The molecule has 0 atom stereocenters. The second-order valence-electron chi connectivity index (χ2n) is 4.06. The van der Waals surface area contributed by atoms with Crippen molar-refractivity contribution in [3.05, 3.63) is 29.3 Å². The van der Waals surface area contributed by atoms with E-state index in [0.29, 0.717) is 0 Å². The third kappa shape index (κ3) is 2.07. The summed E-state index contributed by atoms with van der Waals surface area (Å²) in [5.41, 5.74) is 2.57. The van der Waals surface area contributed by atoms with E-state index in [0.717, 1.165) is 5.75 Å². The number of methoxy groups -OCH3 is 1. The van der Waals surface area contributed by atoms with Gasteiger partial charge in [0, 0.05) is 5.54 Å². The van der Waals surface area contributed by atoms with E-state index < -0.39 is 0 Å². The van der Waals surface area contributed by atoms with Gasteiger partial charge in [-0.1, -0.05) is 6.07 Å². The van der Waals surface area contributed by atoms with Crippen LogP contribution in [0, 0.1) is 6.92 Å². The van der Waals surface area contributed by atoms with E-state index in [-0.39, 0.29) is 5.54 Å². The van der Waals surface area contributed by atoms with Crippen molar-refractivity contribution in [1.82, 2.24) is 5.32 Å². The van der Waals surface area contributed by atoms with E-state index in [1.165, 1.54) is 11.1 Å². The fourth-order valence-electron chi connectivity index (χ4n) is 1.60. The fraction of sp³-hybridized carbons (Fsp3) is 0.500. The van der Waals surface area contributed by atoms with Gasteiger partial charge in [-0.2, -0.15) is 0 Å². The first kappa shape index (κ1) is 11.1.